The SMILES string of the molecule is CCC1CCCCN1c1cc(Nc2cc(C)cc(C)c2)nc(C)n1. The van der Waals surface area contributed by atoms with Crippen LogP contribution in [0.3, 0.4) is 0 Å². The smallest absolute Gasteiger partial charge is 0.136 e. The van der Waals surface area contributed by atoms with Crippen LogP contribution in [0.5, 0.6) is 0 Å². The van der Waals surface area contributed by atoms with Crippen molar-refractivity contribution in [3.8, 4) is 0 Å². The van der Waals surface area contributed by atoms with Gasteiger partial charge in [0.05, 0.1) is 0 Å². The van der Waals surface area contributed by atoms with Crippen molar-refractivity contribution in [3.05, 3.63) is 41.2 Å². The van der Waals surface area contributed by atoms with Crippen molar-refractivity contribution in [1.82, 2.24) is 9.97 Å². The summed E-state index contributed by atoms with van der Waals surface area (Å²) in [6, 6.07) is 9.18. The fourth-order valence-electron chi connectivity index (χ4n) is 3.68. The Balaban J connectivity index is 1.88. The molecule has 4 heteroatoms. The molecule has 1 aromatic carbocycles. The van der Waals surface area contributed by atoms with E-state index in [9.17, 15) is 0 Å². The topological polar surface area (TPSA) is 41.0 Å². The summed E-state index contributed by atoms with van der Waals surface area (Å²) in [7, 11) is 0. The quantitative estimate of drug-likeness (QED) is 0.867. The van der Waals surface area contributed by atoms with E-state index in [0.29, 0.717) is 6.04 Å². The van der Waals surface area contributed by atoms with Crippen LogP contribution >= 0.6 is 0 Å². The first kappa shape index (κ1) is 16.7. The maximum absolute atomic E-state index is 4.71. The van der Waals surface area contributed by atoms with Gasteiger partial charge in [-0.25, -0.2) is 9.97 Å². The molecule has 0 spiro atoms. The molecule has 2 heterocycles. The van der Waals surface area contributed by atoms with E-state index in [-0.39, 0.29) is 0 Å². The van der Waals surface area contributed by atoms with E-state index in [4.69, 9.17) is 4.98 Å². The molecule has 1 fully saturated rings. The molecule has 2 aromatic rings. The molecule has 0 amide bonds. The van der Waals surface area contributed by atoms with Gasteiger partial charge in [-0.2, -0.15) is 0 Å². The Morgan fingerprint density at radius 3 is 2.50 bits per heavy atom. The summed E-state index contributed by atoms with van der Waals surface area (Å²) in [4.78, 5) is 11.8. The van der Waals surface area contributed by atoms with Crippen molar-refractivity contribution in [2.45, 2.75) is 59.4 Å². The monoisotopic (exact) mass is 324 g/mol. The van der Waals surface area contributed by atoms with Gasteiger partial charge in [0.1, 0.15) is 17.5 Å². The molecular formula is C20H28N4. The van der Waals surface area contributed by atoms with Crippen LogP contribution in [0.1, 0.15) is 49.6 Å². The maximum Gasteiger partial charge on any atom is 0.136 e. The second-order valence-corrected chi connectivity index (χ2v) is 6.91. The number of benzene rings is 1. The van der Waals surface area contributed by atoms with Crippen molar-refractivity contribution >= 4 is 17.3 Å². The molecule has 1 atom stereocenters. The van der Waals surface area contributed by atoms with E-state index in [1.165, 1.54) is 36.8 Å². The van der Waals surface area contributed by atoms with Gasteiger partial charge in [-0.1, -0.05) is 13.0 Å². The molecular weight excluding hydrogens is 296 g/mol. The highest BCUT2D eigenvalue weighted by molar-refractivity contribution is 5.61. The molecule has 1 unspecified atom stereocenters. The minimum Gasteiger partial charge on any atom is -0.353 e. The average molecular weight is 324 g/mol. The Labute approximate surface area is 145 Å². The number of hydrogen-bond donors (Lipinski definition) is 1. The maximum atomic E-state index is 4.71. The fourth-order valence-corrected chi connectivity index (χ4v) is 3.68. The molecule has 128 valence electrons. The molecule has 1 aliphatic heterocycles. The molecule has 0 aliphatic carbocycles. The normalized spacial score (nSPS) is 17.8. The van der Waals surface area contributed by atoms with Crippen molar-refractivity contribution in [1.29, 1.82) is 0 Å². The number of nitrogens with one attached hydrogen (secondary N) is 1. The summed E-state index contributed by atoms with van der Waals surface area (Å²) in [6.07, 6.45) is 5.01. The van der Waals surface area contributed by atoms with Crippen LogP contribution in [-0.2, 0) is 0 Å². The van der Waals surface area contributed by atoms with Crippen molar-refractivity contribution in [3.63, 3.8) is 0 Å². The van der Waals surface area contributed by atoms with Crippen molar-refractivity contribution in [2.24, 2.45) is 0 Å². The molecule has 1 N–H and O–H groups in total. The first-order valence-corrected chi connectivity index (χ1v) is 9.03. The summed E-state index contributed by atoms with van der Waals surface area (Å²) in [5.74, 6) is 2.75. The molecule has 0 radical (unpaired) electrons. The lowest BCUT2D eigenvalue weighted by atomic mass is 10.00. The number of anilines is 3. The first-order chi connectivity index (χ1) is 11.5. The largest absolute Gasteiger partial charge is 0.353 e. The minimum atomic E-state index is 0.599. The summed E-state index contributed by atoms with van der Waals surface area (Å²) in [5.41, 5.74) is 3.60. The van der Waals surface area contributed by atoms with Gasteiger partial charge in [0.15, 0.2) is 0 Å². The Bertz CT molecular complexity index is 691. The Hall–Kier alpha value is -2.10. The third-order valence-electron chi connectivity index (χ3n) is 4.71. The zero-order valence-electron chi connectivity index (χ0n) is 15.3. The predicted molar refractivity (Wildman–Crippen MR) is 101 cm³/mol. The van der Waals surface area contributed by atoms with Gasteiger partial charge in [0.2, 0.25) is 0 Å². The molecule has 24 heavy (non-hydrogen) atoms. The second-order valence-electron chi connectivity index (χ2n) is 6.91. The van der Waals surface area contributed by atoms with Gasteiger partial charge in [0, 0.05) is 24.3 Å². The zero-order valence-corrected chi connectivity index (χ0v) is 15.3. The van der Waals surface area contributed by atoms with Gasteiger partial charge in [-0.05, 0) is 69.7 Å². The summed E-state index contributed by atoms with van der Waals surface area (Å²) in [6.45, 7) is 9.58. The third-order valence-corrected chi connectivity index (χ3v) is 4.71. The lowest BCUT2D eigenvalue weighted by molar-refractivity contribution is 0.446. The van der Waals surface area contributed by atoms with Crippen LogP contribution < -0.4 is 10.2 Å². The highest BCUT2D eigenvalue weighted by Gasteiger charge is 2.22. The number of rotatable bonds is 4. The summed E-state index contributed by atoms with van der Waals surface area (Å²) in [5, 5.41) is 3.46. The lowest BCUT2D eigenvalue weighted by Gasteiger charge is -2.36. The lowest BCUT2D eigenvalue weighted by Crippen LogP contribution is -2.39. The van der Waals surface area contributed by atoms with Crippen LogP contribution in [0.2, 0.25) is 0 Å². The zero-order chi connectivity index (χ0) is 17.1. The molecule has 0 saturated carbocycles. The number of aryl methyl sites for hydroxylation is 3. The molecule has 1 aromatic heterocycles. The van der Waals surface area contributed by atoms with Gasteiger partial charge < -0.3 is 10.2 Å². The second kappa shape index (κ2) is 7.20. The number of hydrogen-bond acceptors (Lipinski definition) is 4. The number of piperidine rings is 1. The van der Waals surface area contributed by atoms with Crippen LogP contribution in [0, 0.1) is 20.8 Å². The van der Waals surface area contributed by atoms with E-state index in [1.54, 1.807) is 0 Å². The Kier molecular flexibility index (Phi) is 5.03. The Morgan fingerprint density at radius 1 is 1.04 bits per heavy atom. The molecule has 1 aliphatic rings. The summed E-state index contributed by atoms with van der Waals surface area (Å²) < 4.78 is 0. The van der Waals surface area contributed by atoms with Crippen LogP contribution in [0.15, 0.2) is 24.3 Å². The summed E-state index contributed by atoms with van der Waals surface area (Å²) >= 11 is 0. The molecule has 0 bridgehead atoms. The van der Waals surface area contributed by atoms with Crippen LogP contribution in [0.4, 0.5) is 17.3 Å². The van der Waals surface area contributed by atoms with Crippen LogP contribution in [-0.4, -0.2) is 22.6 Å². The highest BCUT2D eigenvalue weighted by atomic mass is 15.2. The molecule has 4 nitrogen and oxygen atoms in total. The fraction of sp³-hybridized carbons (Fsp3) is 0.500. The highest BCUT2D eigenvalue weighted by Crippen LogP contribution is 2.27. The van der Waals surface area contributed by atoms with Crippen LogP contribution in [0.25, 0.3) is 0 Å². The van der Waals surface area contributed by atoms with Gasteiger partial charge in [0.25, 0.3) is 0 Å². The first-order valence-electron chi connectivity index (χ1n) is 9.03. The van der Waals surface area contributed by atoms with E-state index in [0.717, 1.165) is 29.7 Å². The number of nitrogens with zero attached hydrogens (tertiary/aromatic N) is 3. The van der Waals surface area contributed by atoms with Crippen molar-refractivity contribution < 1.29 is 0 Å². The molecule has 3 rings (SSSR count). The van der Waals surface area contributed by atoms with E-state index in [1.807, 2.05) is 6.92 Å². The van der Waals surface area contributed by atoms with E-state index in [2.05, 4.69) is 60.2 Å². The minimum absolute atomic E-state index is 0.599. The Morgan fingerprint density at radius 2 is 1.79 bits per heavy atom. The van der Waals surface area contributed by atoms with Crippen molar-refractivity contribution in [2.75, 3.05) is 16.8 Å². The molecule has 1 saturated heterocycles. The third kappa shape index (κ3) is 3.86. The van der Waals surface area contributed by atoms with E-state index >= 15 is 0 Å². The van der Waals surface area contributed by atoms with Gasteiger partial charge in [-0.15, -0.1) is 0 Å². The van der Waals surface area contributed by atoms with E-state index < -0.39 is 0 Å². The van der Waals surface area contributed by atoms with Gasteiger partial charge >= 0.3 is 0 Å². The average Bonchev–Trinajstić information content (AvgIpc) is 2.53. The predicted octanol–water partition coefficient (Wildman–Crippen LogP) is 4.91. The van der Waals surface area contributed by atoms with Gasteiger partial charge in [-0.3, -0.25) is 0 Å². The standard InChI is InChI=1S/C20H28N4/c1-5-18-8-6-7-9-24(18)20-13-19(21-16(4)22-20)23-17-11-14(2)10-15(3)12-17/h10-13,18H,5-9H2,1-4H3,(H,21,22,23). The number of aromatic nitrogens is 2.